The number of aromatic amines is 2. The molecule has 0 fully saturated rings. The van der Waals surface area contributed by atoms with E-state index in [1.54, 1.807) is 17.5 Å². The van der Waals surface area contributed by atoms with Crippen molar-refractivity contribution in [3.05, 3.63) is 65.9 Å². The van der Waals surface area contributed by atoms with Gasteiger partial charge in [-0.05, 0) is 60.0 Å². The maximum absolute atomic E-state index is 4.91. The number of hydrogen-bond acceptors (Lipinski definition) is 6. The van der Waals surface area contributed by atoms with Crippen LogP contribution in [0.2, 0.25) is 0 Å². The van der Waals surface area contributed by atoms with Crippen LogP contribution in [0.3, 0.4) is 0 Å². The van der Waals surface area contributed by atoms with Crippen molar-refractivity contribution in [3.8, 4) is 33.8 Å². The third kappa shape index (κ3) is 3.54. The molecule has 0 atom stereocenters. The number of thiophene rings is 1. The Morgan fingerprint density at radius 2 is 1.82 bits per heavy atom. The minimum absolute atomic E-state index is 0.339. The fourth-order valence-corrected chi connectivity index (χ4v) is 4.71. The number of pyridine rings is 2. The zero-order valence-corrected chi connectivity index (χ0v) is 18.9. The Labute approximate surface area is 194 Å². The van der Waals surface area contributed by atoms with Gasteiger partial charge in [0.1, 0.15) is 11.2 Å². The van der Waals surface area contributed by atoms with E-state index in [0.717, 1.165) is 55.6 Å². The first-order valence-electron chi connectivity index (χ1n) is 10.7. The van der Waals surface area contributed by atoms with E-state index in [4.69, 9.17) is 4.98 Å². The molecule has 0 saturated carbocycles. The van der Waals surface area contributed by atoms with Crippen molar-refractivity contribution in [3.63, 3.8) is 0 Å². The van der Waals surface area contributed by atoms with Crippen molar-refractivity contribution < 1.29 is 0 Å². The Kier molecular flexibility index (Phi) is 4.66. The molecule has 5 heterocycles. The van der Waals surface area contributed by atoms with Crippen molar-refractivity contribution in [2.75, 3.05) is 5.32 Å². The highest BCUT2D eigenvalue weighted by Crippen LogP contribution is 2.33. The van der Waals surface area contributed by atoms with Crippen LogP contribution in [0.25, 0.3) is 55.7 Å². The molecule has 8 heteroatoms. The number of rotatable bonds is 5. The van der Waals surface area contributed by atoms with Gasteiger partial charge in [0.15, 0.2) is 5.82 Å². The van der Waals surface area contributed by atoms with E-state index < -0.39 is 0 Å². The van der Waals surface area contributed by atoms with Crippen LogP contribution in [0.4, 0.5) is 5.69 Å². The van der Waals surface area contributed by atoms with Crippen LogP contribution in [-0.4, -0.2) is 36.2 Å². The summed E-state index contributed by atoms with van der Waals surface area (Å²) in [4.78, 5) is 17.1. The van der Waals surface area contributed by atoms with E-state index >= 15 is 0 Å². The quantitative estimate of drug-likeness (QED) is 0.294. The normalized spacial score (nSPS) is 11.6. The number of imidazole rings is 1. The average Bonchev–Trinajstić information content (AvgIpc) is 3.57. The van der Waals surface area contributed by atoms with E-state index in [2.05, 4.69) is 79.3 Å². The van der Waals surface area contributed by atoms with Crippen molar-refractivity contribution in [1.82, 2.24) is 30.1 Å². The van der Waals surface area contributed by atoms with Gasteiger partial charge in [0.25, 0.3) is 0 Å². The van der Waals surface area contributed by atoms with Crippen LogP contribution >= 0.6 is 11.3 Å². The topological polar surface area (TPSA) is 95.2 Å². The summed E-state index contributed by atoms with van der Waals surface area (Å²) < 4.78 is 0. The molecule has 0 unspecified atom stereocenters. The number of benzene rings is 1. The monoisotopic (exact) mass is 451 g/mol. The molecule has 33 heavy (non-hydrogen) atoms. The van der Waals surface area contributed by atoms with E-state index in [1.807, 2.05) is 24.7 Å². The molecule has 3 N–H and O–H groups in total. The van der Waals surface area contributed by atoms with Crippen LogP contribution in [0.15, 0.2) is 65.9 Å². The maximum atomic E-state index is 4.91. The summed E-state index contributed by atoms with van der Waals surface area (Å²) in [5, 5.41) is 16.3. The number of nitrogens with zero attached hydrogens (tertiary/aromatic N) is 4. The standard InChI is InChI=1S/C25H21N7S/c1-14(2)28-18-7-17(9-26-10-18)15-3-4-21-19(8-15)24(32-31-21)25-29-22-12-27-11-20(23(22)30-25)16-5-6-33-13-16/h3-14,28H,1-2H3,(H,29,30)(H,31,32). The smallest absolute Gasteiger partial charge is 0.159 e. The number of fused-ring (bicyclic) bond motifs is 2. The summed E-state index contributed by atoms with van der Waals surface area (Å²) in [7, 11) is 0. The molecule has 5 aromatic heterocycles. The summed E-state index contributed by atoms with van der Waals surface area (Å²) in [6.45, 7) is 4.23. The highest BCUT2D eigenvalue weighted by atomic mass is 32.1. The molecular formula is C25H21N7S. The predicted octanol–water partition coefficient (Wildman–Crippen LogP) is 6.11. The van der Waals surface area contributed by atoms with Gasteiger partial charge in [0.2, 0.25) is 0 Å². The van der Waals surface area contributed by atoms with Crippen molar-refractivity contribution in [1.29, 1.82) is 0 Å². The number of H-pyrrole nitrogens is 2. The lowest BCUT2D eigenvalue weighted by Crippen LogP contribution is -2.09. The highest BCUT2D eigenvalue weighted by Gasteiger charge is 2.16. The summed E-state index contributed by atoms with van der Waals surface area (Å²) in [6, 6.07) is 10.8. The van der Waals surface area contributed by atoms with Gasteiger partial charge >= 0.3 is 0 Å². The van der Waals surface area contributed by atoms with Gasteiger partial charge < -0.3 is 10.3 Å². The number of nitrogens with one attached hydrogen (secondary N) is 3. The second kappa shape index (κ2) is 7.83. The minimum atomic E-state index is 0.339. The fraction of sp³-hybridized carbons (Fsp3) is 0.120. The minimum Gasteiger partial charge on any atom is -0.382 e. The molecule has 0 bridgehead atoms. The Morgan fingerprint density at radius 3 is 2.67 bits per heavy atom. The molecule has 1 aromatic carbocycles. The molecule has 0 aliphatic carbocycles. The molecule has 6 rings (SSSR count). The van der Waals surface area contributed by atoms with E-state index in [-0.39, 0.29) is 0 Å². The van der Waals surface area contributed by atoms with Crippen LogP contribution in [0, 0.1) is 0 Å². The summed E-state index contributed by atoms with van der Waals surface area (Å²) in [5.41, 5.74) is 8.76. The van der Waals surface area contributed by atoms with E-state index in [9.17, 15) is 0 Å². The Bertz CT molecular complexity index is 1580. The molecule has 6 aromatic rings. The second-order valence-electron chi connectivity index (χ2n) is 8.27. The zero-order valence-electron chi connectivity index (χ0n) is 18.1. The Morgan fingerprint density at radius 1 is 0.909 bits per heavy atom. The number of aromatic nitrogens is 6. The summed E-state index contributed by atoms with van der Waals surface area (Å²) in [6.07, 6.45) is 7.40. The third-order valence-corrected chi connectivity index (χ3v) is 6.22. The Hall–Kier alpha value is -4.04. The SMILES string of the molecule is CC(C)Nc1cncc(-c2ccc3[nH]nc(-c4nc5c(-c6ccsc6)cncc5[nH]4)c3c2)c1. The summed E-state index contributed by atoms with van der Waals surface area (Å²) >= 11 is 1.66. The van der Waals surface area contributed by atoms with Gasteiger partial charge in [0, 0.05) is 41.1 Å². The average molecular weight is 452 g/mol. The molecule has 0 saturated heterocycles. The largest absolute Gasteiger partial charge is 0.382 e. The molecule has 162 valence electrons. The second-order valence-corrected chi connectivity index (χ2v) is 9.05. The summed E-state index contributed by atoms with van der Waals surface area (Å²) in [5.74, 6) is 0.714. The first-order chi connectivity index (χ1) is 16.2. The van der Waals surface area contributed by atoms with Gasteiger partial charge in [-0.25, -0.2) is 4.98 Å². The van der Waals surface area contributed by atoms with Crippen molar-refractivity contribution in [2.45, 2.75) is 19.9 Å². The van der Waals surface area contributed by atoms with Gasteiger partial charge in [-0.2, -0.15) is 16.4 Å². The lowest BCUT2D eigenvalue weighted by atomic mass is 10.0. The third-order valence-electron chi connectivity index (χ3n) is 5.54. The fourth-order valence-electron chi connectivity index (χ4n) is 4.06. The van der Waals surface area contributed by atoms with Crippen molar-refractivity contribution in [2.24, 2.45) is 0 Å². The Balaban J connectivity index is 1.45. The van der Waals surface area contributed by atoms with Crippen molar-refractivity contribution >= 4 is 39.0 Å². The predicted molar refractivity (Wildman–Crippen MR) is 134 cm³/mol. The molecular weight excluding hydrogens is 430 g/mol. The lowest BCUT2D eigenvalue weighted by molar-refractivity contribution is 0.898. The van der Waals surface area contributed by atoms with E-state index in [1.165, 1.54) is 0 Å². The first-order valence-corrected chi connectivity index (χ1v) is 11.7. The zero-order chi connectivity index (χ0) is 22.4. The van der Waals surface area contributed by atoms with Crippen LogP contribution in [-0.2, 0) is 0 Å². The molecule has 0 spiro atoms. The molecule has 0 aliphatic heterocycles. The first kappa shape index (κ1) is 19.6. The molecule has 0 aliphatic rings. The van der Waals surface area contributed by atoms with Crippen LogP contribution in [0.5, 0.6) is 0 Å². The van der Waals surface area contributed by atoms with Gasteiger partial charge in [-0.3, -0.25) is 15.1 Å². The van der Waals surface area contributed by atoms with Crippen LogP contribution in [0.1, 0.15) is 13.8 Å². The highest BCUT2D eigenvalue weighted by molar-refractivity contribution is 7.08. The van der Waals surface area contributed by atoms with E-state index in [0.29, 0.717) is 11.9 Å². The molecule has 7 nitrogen and oxygen atoms in total. The molecule has 0 amide bonds. The van der Waals surface area contributed by atoms with Crippen LogP contribution < -0.4 is 5.32 Å². The maximum Gasteiger partial charge on any atom is 0.159 e. The lowest BCUT2D eigenvalue weighted by Gasteiger charge is -2.11. The number of hydrogen-bond donors (Lipinski definition) is 3. The van der Waals surface area contributed by atoms with Gasteiger partial charge in [-0.1, -0.05) is 6.07 Å². The van der Waals surface area contributed by atoms with Gasteiger partial charge in [-0.15, -0.1) is 0 Å². The number of anilines is 1. The molecule has 0 radical (unpaired) electrons. The van der Waals surface area contributed by atoms with Gasteiger partial charge in [0.05, 0.1) is 22.9 Å².